The predicted octanol–water partition coefficient (Wildman–Crippen LogP) is 2.75. The molecular formula is C19H24N2O4. The van der Waals surface area contributed by atoms with E-state index in [0.29, 0.717) is 24.1 Å². The molecule has 1 aliphatic heterocycles. The topological polar surface area (TPSA) is 86.7 Å². The van der Waals surface area contributed by atoms with Crippen molar-refractivity contribution in [2.75, 3.05) is 18.4 Å². The van der Waals surface area contributed by atoms with Crippen LogP contribution in [0.1, 0.15) is 48.9 Å². The number of hydrogen-bond acceptors (Lipinski definition) is 3. The van der Waals surface area contributed by atoms with E-state index >= 15 is 0 Å². The first-order valence-electron chi connectivity index (χ1n) is 8.99. The van der Waals surface area contributed by atoms with Gasteiger partial charge in [0.15, 0.2) is 0 Å². The van der Waals surface area contributed by atoms with Crippen molar-refractivity contribution >= 4 is 23.5 Å². The van der Waals surface area contributed by atoms with E-state index in [4.69, 9.17) is 0 Å². The maximum atomic E-state index is 12.5. The summed E-state index contributed by atoms with van der Waals surface area (Å²) in [5.74, 6) is -2.22. The van der Waals surface area contributed by atoms with E-state index in [1.807, 2.05) is 4.90 Å². The number of carbonyl (C=O) groups is 3. The second kappa shape index (κ2) is 7.68. The summed E-state index contributed by atoms with van der Waals surface area (Å²) in [4.78, 5) is 38.0. The lowest BCUT2D eigenvalue weighted by atomic mass is 9.78. The van der Waals surface area contributed by atoms with Crippen molar-refractivity contribution in [3.05, 3.63) is 29.8 Å². The number of carboxylic acid groups (broad SMARTS) is 1. The van der Waals surface area contributed by atoms with Crippen molar-refractivity contribution in [1.29, 1.82) is 0 Å². The van der Waals surface area contributed by atoms with Crippen molar-refractivity contribution in [3.63, 3.8) is 0 Å². The Morgan fingerprint density at radius 3 is 2.12 bits per heavy atom. The Morgan fingerprint density at radius 1 is 0.920 bits per heavy atom. The van der Waals surface area contributed by atoms with Gasteiger partial charge < -0.3 is 15.3 Å². The molecule has 2 fully saturated rings. The number of carboxylic acids is 1. The van der Waals surface area contributed by atoms with Crippen LogP contribution in [0.5, 0.6) is 0 Å². The number of nitrogens with zero attached hydrogens (tertiary/aromatic N) is 1. The van der Waals surface area contributed by atoms with Crippen LogP contribution in [0.3, 0.4) is 0 Å². The quantitative estimate of drug-likeness (QED) is 0.879. The van der Waals surface area contributed by atoms with Gasteiger partial charge in [-0.25, -0.2) is 0 Å². The van der Waals surface area contributed by atoms with Crippen LogP contribution in [0.25, 0.3) is 0 Å². The van der Waals surface area contributed by atoms with Crippen molar-refractivity contribution in [2.24, 2.45) is 11.8 Å². The molecule has 3 rings (SSSR count). The zero-order chi connectivity index (χ0) is 17.8. The highest BCUT2D eigenvalue weighted by Gasteiger charge is 2.35. The van der Waals surface area contributed by atoms with E-state index in [2.05, 4.69) is 5.32 Å². The van der Waals surface area contributed by atoms with Gasteiger partial charge in [0.2, 0.25) is 5.91 Å². The van der Waals surface area contributed by atoms with E-state index in [9.17, 15) is 19.5 Å². The molecule has 1 heterocycles. The van der Waals surface area contributed by atoms with Gasteiger partial charge in [0.1, 0.15) is 0 Å². The van der Waals surface area contributed by atoms with Crippen LogP contribution in [0.2, 0.25) is 0 Å². The van der Waals surface area contributed by atoms with E-state index < -0.39 is 17.8 Å². The number of nitrogens with one attached hydrogen (secondary N) is 1. The number of benzene rings is 1. The second-order valence-corrected chi connectivity index (χ2v) is 6.90. The number of aliphatic carboxylic acids is 1. The third-order valence-corrected chi connectivity index (χ3v) is 5.21. The van der Waals surface area contributed by atoms with Gasteiger partial charge in [-0.05, 0) is 49.9 Å². The molecule has 1 saturated carbocycles. The largest absolute Gasteiger partial charge is 0.481 e. The van der Waals surface area contributed by atoms with Crippen molar-refractivity contribution in [3.8, 4) is 0 Å². The van der Waals surface area contributed by atoms with Gasteiger partial charge in [-0.1, -0.05) is 12.8 Å². The van der Waals surface area contributed by atoms with Gasteiger partial charge in [-0.2, -0.15) is 0 Å². The molecule has 134 valence electrons. The highest BCUT2D eigenvalue weighted by Crippen LogP contribution is 2.31. The fourth-order valence-electron chi connectivity index (χ4n) is 3.77. The summed E-state index contributed by atoms with van der Waals surface area (Å²) in [5, 5.41) is 12.1. The molecular weight excluding hydrogens is 320 g/mol. The fourth-order valence-corrected chi connectivity index (χ4v) is 3.77. The zero-order valence-corrected chi connectivity index (χ0v) is 14.2. The lowest BCUT2D eigenvalue weighted by Crippen LogP contribution is -2.36. The van der Waals surface area contributed by atoms with Crippen LogP contribution in [0.4, 0.5) is 5.69 Å². The van der Waals surface area contributed by atoms with E-state index in [-0.39, 0.29) is 11.8 Å². The van der Waals surface area contributed by atoms with Gasteiger partial charge >= 0.3 is 5.97 Å². The molecule has 1 aromatic carbocycles. The van der Waals surface area contributed by atoms with Crippen LogP contribution < -0.4 is 5.32 Å². The third-order valence-electron chi connectivity index (χ3n) is 5.21. The molecule has 0 unspecified atom stereocenters. The SMILES string of the molecule is O=C(O)[C@H]1CCCC[C@@H]1C(=O)Nc1ccc(C(=O)N2CCCC2)cc1. The smallest absolute Gasteiger partial charge is 0.307 e. The van der Waals surface area contributed by atoms with Crippen LogP contribution in [-0.2, 0) is 9.59 Å². The molecule has 1 aliphatic carbocycles. The van der Waals surface area contributed by atoms with Crippen molar-refractivity contribution < 1.29 is 19.5 Å². The Hall–Kier alpha value is -2.37. The average molecular weight is 344 g/mol. The molecule has 1 saturated heterocycles. The van der Waals surface area contributed by atoms with Crippen LogP contribution in [-0.4, -0.2) is 40.9 Å². The number of amides is 2. The number of hydrogen-bond donors (Lipinski definition) is 2. The molecule has 2 atom stereocenters. The molecule has 2 N–H and O–H groups in total. The molecule has 6 heteroatoms. The molecule has 0 aromatic heterocycles. The summed E-state index contributed by atoms with van der Waals surface area (Å²) in [5.41, 5.74) is 1.21. The number of anilines is 1. The first-order chi connectivity index (χ1) is 12.1. The van der Waals surface area contributed by atoms with Crippen molar-refractivity contribution in [1.82, 2.24) is 4.90 Å². The fraction of sp³-hybridized carbons (Fsp3) is 0.526. The van der Waals surface area contributed by atoms with Gasteiger partial charge in [0.05, 0.1) is 11.8 Å². The Morgan fingerprint density at radius 2 is 1.52 bits per heavy atom. The van der Waals surface area contributed by atoms with Gasteiger partial charge in [-0.15, -0.1) is 0 Å². The lowest BCUT2D eigenvalue weighted by Gasteiger charge is -2.27. The molecule has 6 nitrogen and oxygen atoms in total. The normalized spacial score (nSPS) is 23.3. The molecule has 2 amide bonds. The summed E-state index contributed by atoms with van der Waals surface area (Å²) in [6, 6.07) is 6.84. The minimum Gasteiger partial charge on any atom is -0.481 e. The average Bonchev–Trinajstić information content (AvgIpc) is 3.16. The first kappa shape index (κ1) is 17.5. The van der Waals surface area contributed by atoms with E-state index in [1.165, 1.54) is 0 Å². The second-order valence-electron chi connectivity index (χ2n) is 6.90. The maximum absolute atomic E-state index is 12.5. The molecule has 1 aromatic rings. The summed E-state index contributed by atoms with van der Waals surface area (Å²) >= 11 is 0. The Balaban J connectivity index is 1.63. The molecule has 25 heavy (non-hydrogen) atoms. The Kier molecular flexibility index (Phi) is 5.36. The molecule has 2 aliphatic rings. The molecule has 0 radical (unpaired) electrons. The first-order valence-corrected chi connectivity index (χ1v) is 8.99. The van der Waals surface area contributed by atoms with Crippen molar-refractivity contribution in [2.45, 2.75) is 38.5 Å². The Bertz CT molecular complexity index is 650. The summed E-state index contributed by atoms with van der Waals surface area (Å²) in [6.45, 7) is 1.60. The number of likely N-dealkylation sites (tertiary alicyclic amines) is 1. The van der Waals surface area contributed by atoms with Crippen LogP contribution in [0.15, 0.2) is 24.3 Å². The van der Waals surface area contributed by atoms with Gasteiger partial charge in [0, 0.05) is 24.3 Å². The monoisotopic (exact) mass is 344 g/mol. The Labute approximate surface area is 147 Å². The molecule has 0 bridgehead atoms. The standard InChI is InChI=1S/C19H24N2O4/c22-17(15-5-1-2-6-16(15)19(24)25)20-14-9-7-13(8-10-14)18(23)21-11-3-4-12-21/h7-10,15-16H,1-6,11-12H2,(H,20,22)(H,24,25)/t15-,16-/m0/s1. The predicted molar refractivity (Wildman–Crippen MR) is 93.3 cm³/mol. The summed E-state index contributed by atoms with van der Waals surface area (Å²) in [7, 11) is 0. The lowest BCUT2D eigenvalue weighted by molar-refractivity contribution is -0.147. The number of carbonyl (C=O) groups excluding carboxylic acids is 2. The van der Waals surface area contributed by atoms with Crippen LogP contribution in [0, 0.1) is 11.8 Å². The maximum Gasteiger partial charge on any atom is 0.307 e. The minimum absolute atomic E-state index is 0.0219. The van der Waals surface area contributed by atoms with Gasteiger partial charge in [0.25, 0.3) is 5.91 Å². The number of rotatable bonds is 4. The highest BCUT2D eigenvalue weighted by molar-refractivity contribution is 5.97. The molecule has 0 spiro atoms. The van der Waals surface area contributed by atoms with Crippen LogP contribution >= 0.6 is 0 Å². The van der Waals surface area contributed by atoms with Gasteiger partial charge in [-0.3, -0.25) is 14.4 Å². The summed E-state index contributed by atoms with van der Waals surface area (Å²) < 4.78 is 0. The highest BCUT2D eigenvalue weighted by atomic mass is 16.4. The third kappa shape index (κ3) is 4.00. The zero-order valence-electron chi connectivity index (χ0n) is 14.2. The van der Waals surface area contributed by atoms with E-state index in [0.717, 1.165) is 38.8 Å². The minimum atomic E-state index is -0.897. The summed E-state index contributed by atoms with van der Waals surface area (Å²) in [6.07, 6.45) is 4.99. The van der Waals surface area contributed by atoms with E-state index in [1.54, 1.807) is 24.3 Å².